The van der Waals surface area contributed by atoms with Gasteiger partial charge >= 0.3 is 5.97 Å². The van der Waals surface area contributed by atoms with Crippen molar-refractivity contribution in [1.29, 1.82) is 0 Å². The smallest absolute Gasteiger partial charge is 0.303 e. The molecular weight excluding hydrogens is 316 g/mol. The van der Waals surface area contributed by atoms with Gasteiger partial charge in [0.15, 0.2) is 11.5 Å². The molecule has 3 rings (SSSR count). The molecule has 0 radical (unpaired) electrons. The van der Waals surface area contributed by atoms with Crippen molar-refractivity contribution in [3.63, 3.8) is 0 Å². The number of anilines is 1. The zero-order valence-corrected chi connectivity index (χ0v) is 12.9. The van der Waals surface area contributed by atoms with Crippen LogP contribution in [0.4, 0.5) is 5.82 Å². The minimum Gasteiger partial charge on any atom is -0.481 e. The van der Waals surface area contributed by atoms with Crippen LogP contribution in [0.15, 0.2) is 12.7 Å². The SMILES string of the molecule is Nc1ncnc2c1ncn2[C@@H]1CN(C(=O)CCCC(=O)O)C[C@H]1O. The van der Waals surface area contributed by atoms with E-state index in [1.54, 1.807) is 4.57 Å². The maximum atomic E-state index is 12.2. The summed E-state index contributed by atoms with van der Waals surface area (Å²) in [6, 6.07) is -0.382. The highest BCUT2D eigenvalue weighted by molar-refractivity contribution is 5.81. The number of β-amino-alcohol motifs (C(OH)–C–C–N with tert-alkyl or cyclic N) is 1. The second kappa shape index (κ2) is 6.40. The number of aliphatic hydroxyl groups is 1. The minimum atomic E-state index is -0.927. The summed E-state index contributed by atoms with van der Waals surface area (Å²) < 4.78 is 1.70. The largest absolute Gasteiger partial charge is 0.481 e. The topological polar surface area (TPSA) is 147 Å². The van der Waals surface area contributed by atoms with E-state index in [0.717, 1.165) is 0 Å². The number of amides is 1. The number of aliphatic carboxylic acids is 1. The molecule has 0 saturated carbocycles. The van der Waals surface area contributed by atoms with Gasteiger partial charge in [0.2, 0.25) is 5.91 Å². The minimum absolute atomic E-state index is 0.0477. The number of carbonyl (C=O) groups excluding carboxylic acids is 1. The van der Waals surface area contributed by atoms with Crippen LogP contribution >= 0.6 is 0 Å². The molecule has 0 unspecified atom stereocenters. The zero-order valence-electron chi connectivity index (χ0n) is 12.9. The van der Waals surface area contributed by atoms with Gasteiger partial charge in [0.05, 0.1) is 18.5 Å². The number of nitrogens with two attached hydrogens (primary N) is 1. The fourth-order valence-corrected chi connectivity index (χ4v) is 2.91. The number of carbonyl (C=O) groups is 2. The highest BCUT2D eigenvalue weighted by Crippen LogP contribution is 2.27. The lowest BCUT2D eigenvalue weighted by Gasteiger charge is -2.17. The molecule has 1 fully saturated rings. The monoisotopic (exact) mass is 334 g/mol. The van der Waals surface area contributed by atoms with E-state index in [2.05, 4.69) is 15.0 Å². The Balaban J connectivity index is 1.72. The second-order valence-electron chi connectivity index (χ2n) is 5.76. The van der Waals surface area contributed by atoms with Gasteiger partial charge in [0.1, 0.15) is 11.8 Å². The maximum absolute atomic E-state index is 12.2. The first-order chi connectivity index (χ1) is 11.5. The normalized spacial score (nSPS) is 20.6. The van der Waals surface area contributed by atoms with E-state index in [1.165, 1.54) is 17.6 Å². The summed E-state index contributed by atoms with van der Waals surface area (Å²) in [5, 5.41) is 18.9. The van der Waals surface area contributed by atoms with Crippen LogP contribution < -0.4 is 5.73 Å². The summed E-state index contributed by atoms with van der Waals surface area (Å²) in [5.74, 6) is -0.839. The molecule has 0 aliphatic carbocycles. The van der Waals surface area contributed by atoms with Crippen LogP contribution in [0.25, 0.3) is 11.2 Å². The van der Waals surface area contributed by atoms with Crippen molar-refractivity contribution >= 4 is 28.9 Å². The van der Waals surface area contributed by atoms with Crippen molar-refractivity contribution in [1.82, 2.24) is 24.4 Å². The number of hydrogen-bond acceptors (Lipinski definition) is 7. The lowest BCUT2D eigenvalue weighted by Crippen LogP contribution is -2.29. The fourth-order valence-electron chi connectivity index (χ4n) is 2.91. The number of carboxylic acids is 1. The van der Waals surface area contributed by atoms with Crippen LogP contribution in [0.3, 0.4) is 0 Å². The van der Waals surface area contributed by atoms with E-state index in [4.69, 9.17) is 10.8 Å². The third kappa shape index (κ3) is 3.00. The van der Waals surface area contributed by atoms with Gasteiger partial charge in [-0.1, -0.05) is 0 Å². The van der Waals surface area contributed by atoms with Gasteiger partial charge in [-0.2, -0.15) is 0 Å². The first-order valence-corrected chi connectivity index (χ1v) is 7.58. The number of rotatable bonds is 5. The summed E-state index contributed by atoms with van der Waals surface area (Å²) in [7, 11) is 0. The molecule has 1 aliphatic rings. The quantitative estimate of drug-likeness (QED) is 0.657. The van der Waals surface area contributed by atoms with Crippen LogP contribution in [0.2, 0.25) is 0 Å². The van der Waals surface area contributed by atoms with Crippen molar-refractivity contribution in [2.45, 2.75) is 31.4 Å². The Labute approximate surface area is 136 Å². The predicted molar refractivity (Wildman–Crippen MR) is 82.8 cm³/mol. The summed E-state index contributed by atoms with van der Waals surface area (Å²) in [4.78, 5) is 36.4. The average molecular weight is 334 g/mol. The summed E-state index contributed by atoms with van der Waals surface area (Å²) >= 11 is 0. The zero-order chi connectivity index (χ0) is 17.3. The fraction of sp³-hybridized carbons (Fsp3) is 0.500. The first kappa shape index (κ1) is 16.1. The van der Waals surface area contributed by atoms with Crippen molar-refractivity contribution in [3.8, 4) is 0 Å². The van der Waals surface area contributed by atoms with Crippen LogP contribution in [-0.4, -0.2) is 65.7 Å². The molecule has 0 aromatic carbocycles. The molecule has 4 N–H and O–H groups in total. The molecule has 1 aliphatic heterocycles. The summed E-state index contributed by atoms with van der Waals surface area (Å²) in [6.45, 7) is 0.499. The van der Waals surface area contributed by atoms with Crippen LogP contribution in [0.1, 0.15) is 25.3 Å². The van der Waals surface area contributed by atoms with Crippen molar-refractivity contribution < 1.29 is 19.8 Å². The Morgan fingerprint density at radius 1 is 1.25 bits per heavy atom. The molecule has 128 valence electrons. The van der Waals surface area contributed by atoms with Gasteiger partial charge in [-0.3, -0.25) is 9.59 Å². The van der Waals surface area contributed by atoms with E-state index in [-0.39, 0.29) is 43.6 Å². The van der Waals surface area contributed by atoms with Crippen LogP contribution in [-0.2, 0) is 9.59 Å². The number of imidazole rings is 1. The standard InChI is InChI=1S/C14H18N6O4/c15-13-12-14(17-6-16-13)20(7-18-12)8-4-19(5-9(8)21)10(22)2-1-3-11(23)24/h6-9,21H,1-5H2,(H,23,24)(H2,15,16,17)/t8-,9-/m1/s1. The van der Waals surface area contributed by atoms with E-state index in [0.29, 0.717) is 17.7 Å². The molecule has 2 atom stereocenters. The highest BCUT2D eigenvalue weighted by Gasteiger charge is 2.36. The summed E-state index contributed by atoms with van der Waals surface area (Å²) in [6.07, 6.45) is 2.47. The molecule has 24 heavy (non-hydrogen) atoms. The average Bonchev–Trinajstić information content (AvgIpc) is 3.11. The van der Waals surface area contributed by atoms with Gasteiger partial charge < -0.3 is 25.4 Å². The van der Waals surface area contributed by atoms with Crippen molar-refractivity contribution in [3.05, 3.63) is 12.7 Å². The lowest BCUT2D eigenvalue weighted by atomic mass is 10.2. The maximum Gasteiger partial charge on any atom is 0.303 e. The third-order valence-corrected chi connectivity index (χ3v) is 4.14. The molecule has 10 nitrogen and oxygen atoms in total. The Hall–Kier alpha value is -2.75. The molecule has 1 saturated heterocycles. The Morgan fingerprint density at radius 3 is 2.79 bits per heavy atom. The van der Waals surface area contributed by atoms with Crippen LogP contribution in [0.5, 0.6) is 0 Å². The Bertz CT molecular complexity index is 776. The number of hydrogen-bond donors (Lipinski definition) is 3. The van der Waals surface area contributed by atoms with Gasteiger partial charge in [-0.15, -0.1) is 0 Å². The van der Waals surface area contributed by atoms with Gasteiger partial charge in [0, 0.05) is 25.9 Å². The number of nitrogens with zero attached hydrogens (tertiary/aromatic N) is 5. The van der Waals surface area contributed by atoms with E-state index < -0.39 is 12.1 Å². The lowest BCUT2D eigenvalue weighted by molar-refractivity contribution is -0.137. The van der Waals surface area contributed by atoms with Crippen LogP contribution in [0, 0.1) is 0 Å². The number of aromatic nitrogens is 4. The van der Waals surface area contributed by atoms with Gasteiger partial charge in [-0.25, -0.2) is 15.0 Å². The predicted octanol–water partition coefficient (Wildman–Crippen LogP) is -0.592. The molecule has 0 bridgehead atoms. The molecule has 2 aromatic heterocycles. The van der Waals surface area contributed by atoms with E-state index >= 15 is 0 Å². The summed E-state index contributed by atoms with van der Waals surface area (Å²) in [5.41, 5.74) is 6.72. The molecular formula is C14H18N6O4. The van der Waals surface area contributed by atoms with Crippen molar-refractivity contribution in [2.75, 3.05) is 18.8 Å². The molecule has 3 heterocycles. The Morgan fingerprint density at radius 2 is 2.04 bits per heavy atom. The molecule has 10 heteroatoms. The number of aliphatic hydroxyl groups excluding tert-OH is 1. The third-order valence-electron chi connectivity index (χ3n) is 4.14. The number of likely N-dealkylation sites (tertiary alicyclic amines) is 1. The number of carboxylic acid groups (broad SMARTS) is 1. The number of fused-ring (bicyclic) bond motifs is 1. The Kier molecular flexibility index (Phi) is 4.30. The first-order valence-electron chi connectivity index (χ1n) is 7.58. The van der Waals surface area contributed by atoms with E-state index in [1.807, 2.05) is 0 Å². The molecule has 2 aromatic rings. The van der Waals surface area contributed by atoms with Gasteiger partial charge in [-0.05, 0) is 6.42 Å². The second-order valence-corrected chi connectivity index (χ2v) is 5.76. The van der Waals surface area contributed by atoms with Crippen molar-refractivity contribution in [2.24, 2.45) is 0 Å². The highest BCUT2D eigenvalue weighted by atomic mass is 16.4. The molecule has 0 spiro atoms. The molecule has 1 amide bonds. The number of nitrogen functional groups attached to an aromatic ring is 1. The van der Waals surface area contributed by atoms with Gasteiger partial charge in [0.25, 0.3) is 0 Å². The van der Waals surface area contributed by atoms with E-state index in [9.17, 15) is 14.7 Å².